The standard InChI is InChI=1S/C44H32O/c1-44(2,3)32-9-6-8-31(26-32)34-23-19-30-20-24-37-33(22-18-29-21-25-38(34)42(30)41(29)37)27-14-16-28(17-15-27)35-11-7-12-39-36-10-4-5-13-40(36)45-43(35)39/h4-26H,1-3H3. The highest BCUT2D eigenvalue weighted by Gasteiger charge is 2.18. The zero-order valence-electron chi connectivity index (χ0n) is 25.7. The number of para-hydroxylation sites is 2. The van der Waals surface area contributed by atoms with Gasteiger partial charge in [0, 0.05) is 16.3 Å². The minimum Gasteiger partial charge on any atom is -0.455 e. The lowest BCUT2D eigenvalue weighted by Gasteiger charge is -2.21. The van der Waals surface area contributed by atoms with Gasteiger partial charge in [-0.2, -0.15) is 0 Å². The molecule has 8 aromatic carbocycles. The van der Waals surface area contributed by atoms with Crippen molar-refractivity contribution in [2.75, 3.05) is 0 Å². The minimum atomic E-state index is 0.100. The van der Waals surface area contributed by atoms with E-state index in [1.165, 1.54) is 60.1 Å². The smallest absolute Gasteiger partial charge is 0.143 e. The normalized spacial score (nSPS) is 12.3. The molecule has 214 valence electrons. The Morgan fingerprint density at radius 1 is 0.422 bits per heavy atom. The second-order valence-electron chi connectivity index (χ2n) is 13.3. The van der Waals surface area contributed by atoms with Crippen LogP contribution in [0.15, 0.2) is 144 Å². The van der Waals surface area contributed by atoms with Gasteiger partial charge in [-0.3, -0.25) is 0 Å². The number of benzene rings is 8. The van der Waals surface area contributed by atoms with Gasteiger partial charge in [0.25, 0.3) is 0 Å². The Morgan fingerprint density at radius 3 is 1.69 bits per heavy atom. The lowest BCUT2D eigenvalue weighted by Crippen LogP contribution is -2.10. The van der Waals surface area contributed by atoms with Crippen molar-refractivity contribution in [3.8, 4) is 33.4 Å². The summed E-state index contributed by atoms with van der Waals surface area (Å²) in [6, 6.07) is 51.1. The maximum atomic E-state index is 6.34. The van der Waals surface area contributed by atoms with Crippen LogP contribution in [0.25, 0.3) is 87.6 Å². The molecule has 45 heavy (non-hydrogen) atoms. The van der Waals surface area contributed by atoms with Gasteiger partial charge in [0.1, 0.15) is 11.2 Å². The van der Waals surface area contributed by atoms with Gasteiger partial charge in [-0.25, -0.2) is 0 Å². The van der Waals surface area contributed by atoms with Gasteiger partial charge in [0.2, 0.25) is 0 Å². The van der Waals surface area contributed by atoms with Crippen LogP contribution >= 0.6 is 0 Å². The monoisotopic (exact) mass is 576 g/mol. The van der Waals surface area contributed by atoms with Gasteiger partial charge in [-0.05, 0) is 77.2 Å². The molecule has 9 rings (SSSR count). The lowest BCUT2D eigenvalue weighted by atomic mass is 9.84. The van der Waals surface area contributed by atoms with Crippen molar-refractivity contribution in [3.05, 3.63) is 145 Å². The van der Waals surface area contributed by atoms with E-state index in [1.54, 1.807) is 0 Å². The zero-order valence-corrected chi connectivity index (χ0v) is 25.7. The third kappa shape index (κ3) is 4.01. The van der Waals surface area contributed by atoms with Gasteiger partial charge >= 0.3 is 0 Å². The Balaban J connectivity index is 1.19. The Labute approximate surface area is 262 Å². The maximum absolute atomic E-state index is 6.34. The first-order valence-corrected chi connectivity index (χ1v) is 15.8. The van der Waals surface area contributed by atoms with Crippen molar-refractivity contribution in [2.24, 2.45) is 0 Å². The fraction of sp³-hybridized carbons (Fsp3) is 0.0909. The van der Waals surface area contributed by atoms with Crippen LogP contribution in [-0.2, 0) is 5.41 Å². The van der Waals surface area contributed by atoms with Gasteiger partial charge in [0.15, 0.2) is 0 Å². The van der Waals surface area contributed by atoms with E-state index in [2.05, 4.69) is 148 Å². The average molecular weight is 577 g/mol. The van der Waals surface area contributed by atoms with Crippen molar-refractivity contribution in [3.63, 3.8) is 0 Å². The number of fused-ring (bicyclic) bond motifs is 3. The second-order valence-corrected chi connectivity index (χ2v) is 13.3. The first-order valence-electron chi connectivity index (χ1n) is 15.8. The summed E-state index contributed by atoms with van der Waals surface area (Å²) in [5.41, 5.74) is 10.6. The van der Waals surface area contributed by atoms with Crippen LogP contribution < -0.4 is 0 Å². The van der Waals surface area contributed by atoms with E-state index in [4.69, 9.17) is 4.42 Å². The van der Waals surface area contributed by atoms with E-state index in [-0.39, 0.29) is 5.41 Å². The van der Waals surface area contributed by atoms with Crippen LogP contribution in [0.4, 0.5) is 0 Å². The summed E-state index contributed by atoms with van der Waals surface area (Å²) in [6.45, 7) is 6.84. The predicted molar refractivity (Wildman–Crippen MR) is 192 cm³/mol. The van der Waals surface area contributed by atoms with E-state index in [1.807, 2.05) is 12.1 Å². The van der Waals surface area contributed by atoms with E-state index >= 15 is 0 Å². The minimum absolute atomic E-state index is 0.100. The van der Waals surface area contributed by atoms with E-state index in [0.717, 1.165) is 33.1 Å². The molecular weight excluding hydrogens is 544 g/mol. The molecule has 0 unspecified atom stereocenters. The molecule has 1 heteroatoms. The molecule has 1 aromatic heterocycles. The zero-order chi connectivity index (χ0) is 30.3. The molecule has 0 N–H and O–H groups in total. The molecule has 0 radical (unpaired) electrons. The maximum Gasteiger partial charge on any atom is 0.143 e. The third-order valence-corrected chi connectivity index (χ3v) is 9.62. The van der Waals surface area contributed by atoms with Gasteiger partial charge in [0.05, 0.1) is 0 Å². The number of hydrogen-bond donors (Lipinski definition) is 0. The highest BCUT2D eigenvalue weighted by Crippen LogP contribution is 2.43. The summed E-state index contributed by atoms with van der Waals surface area (Å²) < 4.78 is 6.34. The first kappa shape index (κ1) is 26.0. The van der Waals surface area contributed by atoms with E-state index in [9.17, 15) is 0 Å². The highest BCUT2D eigenvalue weighted by atomic mass is 16.3. The molecule has 0 aliphatic heterocycles. The van der Waals surface area contributed by atoms with Crippen molar-refractivity contribution >= 4 is 54.3 Å². The molecule has 0 saturated carbocycles. The van der Waals surface area contributed by atoms with Gasteiger partial charge < -0.3 is 4.42 Å². The van der Waals surface area contributed by atoms with Crippen LogP contribution in [0.3, 0.4) is 0 Å². The van der Waals surface area contributed by atoms with Gasteiger partial charge in [-0.1, -0.05) is 154 Å². The van der Waals surface area contributed by atoms with Crippen LogP contribution in [0.2, 0.25) is 0 Å². The topological polar surface area (TPSA) is 13.1 Å². The number of hydrogen-bond acceptors (Lipinski definition) is 1. The van der Waals surface area contributed by atoms with Gasteiger partial charge in [-0.15, -0.1) is 0 Å². The van der Waals surface area contributed by atoms with Crippen molar-refractivity contribution in [1.29, 1.82) is 0 Å². The molecule has 0 amide bonds. The molecule has 1 heterocycles. The summed E-state index contributed by atoms with van der Waals surface area (Å²) in [5, 5.41) is 10.2. The summed E-state index contributed by atoms with van der Waals surface area (Å²) in [5.74, 6) is 0. The molecule has 9 aromatic rings. The molecule has 0 aliphatic rings. The Bertz CT molecular complexity index is 2560. The highest BCUT2D eigenvalue weighted by molar-refractivity contribution is 6.27. The van der Waals surface area contributed by atoms with Crippen molar-refractivity contribution in [2.45, 2.75) is 26.2 Å². The fourth-order valence-corrected chi connectivity index (χ4v) is 7.26. The van der Waals surface area contributed by atoms with Crippen molar-refractivity contribution < 1.29 is 4.42 Å². The van der Waals surface area contributed by atoms with Crippen LogP contribution in [0.1, 0.15) is 26.3 Å². The molecule has 0 saturated heterocycles. The molecule has 0 atom stereocenters. The van der Waals surface area contributed by atoms with Crippen LogP contribution in [0, 0.1) is 0 Å². The molecule has 0 bridgehead atoms. The van der Waals surface area contributed by atoms with Crippen LogP contribution in [-0.4, -0.2) is 0 Å². The number of rotatable bonds is 3. The average Bonchev–Trinajstić information content (AvgIpc) is 3.46. The fourth-order valence-electron chi connectivity index (χ4n) is 7.26. The molecule has 0 fully saturated rings. The summed E-state index contributed by atoms with van der Waals surface area (Å²) in [4.78, 5) is 0. The summed E-state index contributed by atoms with van der Waals surface area (Å²) in [7, 11) is 0. The Morgan fingerprint density at radius 2 is 1.00 bits per heavy atom. The SMILES string of the molecule is CC(C)(C)c1cccc(-c2ccc3ccc4c(-c5ccc(-c6cccc7c6oc6ccccc67)cc5)ccc5ccc2c3c54)c1. The molecule has 0 spiro atoms. The Hall–Kier alpha value is -5.40. The first-order chi connectivity index (χ1) is 21.9. The molecule has 0 aliphatic carbocycles. The number of furan rings is 1. The summed E-state index contributed by atoms with van der Waals surface area (Å²) >= 11 is 0. The lowest BCUT2D eigenvalue weighted by molar-refractivity contribution is 0.590. The van der Waals surface area contributed by atoms with E-state index in [0.29, 0.717) is 0 Å². The largest absolute Gasteiger partial charge is 0.455 e. The quantitative estimate of drug-likeness (QED) is 0.191. The third-order valence-electron chi connectivity index (χ3n) is 9.62. The summed E-state index contributed by atoms with van der Waals surface area (Å²) in [6.07, 6.45) is 0. The molecular formula is C44H32O. The second kappa shape index (κ2) is 9.55. The molecule has 1 nitrogen and oxygen atoms in total. The van der Waals surface area contributed by atoms with E-state index < -0.39 is 0 Å². The van der Waals surface area contributed by atoms with Crippen LogP contribution in [0.5, 0.6) is 0 Å². The van der Waals surface area contributed by atoms with Crippen molar-refractivity contribution in [1.82, 2.24) is 0 Å². The predicted octanol–water partition coefficient (Wildman–Crippen LogP) is 12.8. The Kier molecular flexibility index (Phi) is 5.53.